The molecule has 1 amide bonds. The highest BCUT2D eigenvalue weighted by Gasteiger charge is 2.45. The Balaban J connectivity index is 2.02. The fraction of sp³-hybridized carbons (Fsp3) is 0.500. The summed E-state index contributed by atoms with van der Waals surface area (Å²) in [5.41, 5.74) is 0.827. The molecule has 0 bridgehead atoms. The summed E-state index contributed by atoms with van der Waals surface area (Å²) in [6.07, 6.45) is 2.79. The number of nitrogens with zero attached hydrogens (tertiary/aromatic N) is 1. The number of phenolic OH excluding ortho intramolecular Hbond substituents is 1. The van der Waals surface area contributed by atoms with E-state index in [0.717, 1.165) is 24.8 Å². The van der Waals surface area contributed by atoms with E-state index in [4.69, 9.17) is 4.74 Å². The van der Waals surface area contributed by atoms with Crippen molar-refractivity contribution < 1.29 is 14.6 Å². The number of amides is 1. The lowest BCUT2D eigenvalue weighted by Crippen LogP contribution is -2.46. The quantitative estimate of drug-likeness (QED) is 0.830. The average Bonchev–Trinajstić information content (AvgIpc) is 2.80. The zero-order chi connectivity index (χ0) is 12.7. The number of ether oxygens (including phenoxy) is 1. The summed E-state index contributed by atoms with van der Waals surface area (Å²) in [6.45, 7) is 0. The number of benzene rings is 1. The van der Waals surface area contributed by atoms with E-state index in [-0.39, 0.29) is 24.0 Å². The minimum absolute atomic E-state index is 0.0123. The van der Waals surface area contributed by atoms with Gasteiger partial charge in [0.2, 0.25) is 0 Å². The van der Waals surface area contributed by atoms with E-state index in [1.165, 1.54) is 0 Å². The maximum atomic E-state index is 11.9. The molecule has 2 aliphatic rings. The first-order chi connectivity index (χ1) is 8.68. The van der Waals surface area contributed by atoms with Gasteiger partial charge in [0.05, 0.1) is 6.04 Å². The van der Waals surface area contributed by atoms with E-state index < -0.39 is 0 Å². The van der Waals surface area contributed by atoms with Crippen LogP contribution in [-0.4, -0.2) is 29.3 Å². The maximum Gasteiger partial charge on any atom is 0.410 e. The van der Waals surface area contributed by atoms with Crippen molar-refractivity contribution in [1.82, 2.24) is 4.90 Å². The monoisotopic (exact) mass is 247 g/mol. The third-order valence-corrected chi connectivity index (χ3v) is 4.12. The van der Waals surface area contributed by atoms with Crippen LogP contribution in [0.2, 0.25) is 0 Å². The molecule has 0 spiro atoms. The Hall–Kier alpha value is -1.71. The second-order valence-corrected chi connectivity index (χ2v) is 5.13. The highest BCUT2D eigenvalue weighted by atomic mass is 16.6. The molecule has 1 aliphatic carbocycles. The van der Waals surface area contributed by atoms with Gasteiger partial charge in [0, 0.05) is 18.5 Å². The molecule has 4 nitrogen and oxygen atoms in total. The molecular formula is C14H17NO3. The first kappa shape index (κ1) is 11.4. The predicted molar refractivity (Wildman–Crippen MR) is 66.2 cm³/mol. The van der Waals surface area contributed by atoms with Gasteiger partial charge in [-0.1, -0.05) is 18.2 Å². The molecule has 1 saturated heterocycles. The molecule has 0 aromatic heterocycles. The summed E-state index contributed by atoms with van der Waals surface area (Å²) in [6, 6.07) is 7.19. The predicted octanol–water partition coefficient (Wildman–Crippen LogP) is 2.68. The van der Waals surface area contributed by atoms with Crippen LogP contribution in [0, 0.1) is 5.92 Å². The number of carbonyl (C=O) groups excluding carboxylic acids is 1. The Morgan fingerprint density at radius 3 is 2.89 bits per heavy atom. The van der Waals surface area contributed by atoms with E-state index in [2.05, 4.69) is 0 Å². The largest absolute Gasteiger partial charge is 0.508 e. The first-order valence-corrected chi connectivity index (χ1v) is 6.40. The van der Waals surface area contributed by atoms with Crippen molar-refractivity contribution in [3.63, 3.8) is 0 Å². The van der Waals surface area contributed by atoms with Crippen molar-refractivity contribution in [2.45, 2.75) is 31.4 Å². The Labute approximate surface area is 106 Å². The van der Waals surface area contributed by atoms with Gasteiger partial charge in [-0.15, -0.1) is 0 Å². The van der Waals surface area contributed by atoms with Crippen LogP contribution in [0.1, 0.15) is 30.9 Å². The third kappa shape index (κ3) is 1.64. The zero-order valence-corrected chi connectivity index (χ0v) is 10.4. The van der Waals surface area contributed by atoms with Crippen molar-refractivity contribution in [3.05, 3.63) is 29.8 Å². The molecule has 3 unspecified atom stereocenters. The molecule has 4 heteroatoms. The van der Waals surface area contributed by atoms with Gasteiger partial charge in [-0.3, -0.25) is 0 Å². The summed E-state index contributed by atoms with van der Waals surface area (Å²) in [5.74, 6) is 0.552. The van der Waals surface area contributed by atoms with E-state index in [9.17, 15) is 9.90 Å². The number of aromatic hydroxyl groups is 1. The smallest absolute Gasteiger partial charge is 0.410 e. The molecule has 2 fully saturated rings. The van der Waals surface area contributed by atoms with Crippen LogP contribution < -0.4 is 0 Å². The molecular weight excluding hydrogens is 230 g/mol. The Morgan fingerprint density at radius 1 is 1.33 bits per heavy atom. The van der Waals surface area contributed by atoms with Gasteiger partial charge in [-0.05, 0) is 25.3 Å². The highest BCUT2D eigenvalue weighted by molar-refractivity contribution is 5.69. The Morgan fingerprint density at radius 2 is 2.11 bits per heavy atom. The Bertz CT molecular complexity index is 474. The fourth-order valence-electron chi connectivity index (χ4n) is 3.25. The van der Waals surface area contributed by atoms with Gasteiger partial charge in [0.15, 0.2) is 0 Å². The summed E-state index contributed by atoms with van der Waals surface area (Å²) in [4.78, 5) is 13.5. The molecule has 1 aromatic rings. The lowest BCUT2D eigenvalue weighted by molar-refractivity contribution is -0.0221. The minimum Gasteiger partial charge on any atom is -0.508 e. The van der Waals surface area contributed by atoms with Gasteiger partial charge >= 0.3 is 6.09 Å². The molecule has 1 aliphatic heterocycles. The van der Waals surface area contributed by atoms with E-state index >= 15 is 0 Å². The average molecular weight is 247 g/mol. The first-order valence-electron chi connectivity index (χ1n) is 6.40. The van der Waals surface area contributed by atoms with Gasteiger partial charge in [-0.25, -0.2) is 4.79 Å². The lowest BCUT2D eigenvalue weighted by atomic mass is 9.87. The van der Waals surface area contributed by atoms with Gasteiger partial charge in [0.25, 0.3) is 0 Å². The molecule has 1 aromatic carbocycles. The molecule has 1 heterocycles. The Kier molecular flexibility index (Phi) is 2.65. The second kappa shape index (κ2) is 4.19. The fourth-order valence-corrected chi connectivity index (χ4v) is 3.25. The number of fused-ring (bicyclic) bond motifs is 1. The van der Waals surface area contributed by atoms with Crippen molar-refractivity contribution in [2.75, 3.05) is 7.05 Å². The number of hydrogen-bond acceptors (Lipinski definition) is 3. The topological polar surface area (TPSA) is 49.8 Å². The summed E-state index contributed by atoms with van der Waals surface area (Å²) in [5, 5.41) is 10.0. The van der Waals surface area contributed by atoms with Crippen molar-refractivity contribution >= 4 is 6.09 Å². The van der Waals surface area contributed by atoms with Crippen LogP contribution in [0.3, 0.4) is 0 Å². The van der Waals surface area contributed by atoms with Crippen molar-refractivity contribution in [3.8, 4) is 5.75 Å². The highest BCUT2D eigenvalue weighted by Crippen LogP contribution is 2.46. The molecule has 18 heavy (non-hydrogen) atoms. The van der Waals surface area contributed by atoms with E-state index in [1.54, 1.807) is 24.1 Å². The van der Waals surface area contributed by atoms with E-state index in [0.29, 0.717) is 5.92 Å². The number of phenols is 1. The molecule has 3 atom stereocenters. The van der Waals surface area contributed by atoms with E-state index in [1.807, 2.05) is 12.1 Å². The summed E-state index contributed by atoms with van der Waals surface area (Å²) >= 11 is 0. The lowest BCUT2D eigenvalue weighted by Gasteiger charge is -2.40. The van der Waals surface area contributed by atoms with Gasteiger partial charge in [-0.2, -0.15) is 0 Å². The van der Waals surface area contributed by atoms with Crippen molar-refractivity contribution in [2.24, 2.45) is 5.92 Å². The molecule has 1 saturated carbocycles. The third-order valence-electron chi connectivity index (χ3n) is 4.12. The van der Waals surface area contributed by atoms with Crippen molar-refractivity contribution in [1.29, 1.82) is 0 Å². The summed E-state index contributed by atoms with van der Waals surface area (Å²) in [7, 11) is 1.74. The summed E-state index contributed by atoms with van der Waals surface area (Å²) < 4.78 is 5.42. The van der Waals surface area contributed by atoms with Gasteiger partial charge in [0.1, 0.15) is 11.9 Å². The number of para-hydroxylation sites is 1. The zero-order valence-electron chi connectivity index (χ0n) is 10.4. The van der Waals surface area contributed by atoms with Crippen LogP contribution >= 0.6 is 0 Å². The van der Waals surface area contributed by atoms with Crippen LogP contribution in [0.4, 0.5) is 4.79 Å². The van der Waals surface area contributed by atoms with Crippen LogP contribution in [0.5, 0.6) is 5.75 Å². The molecule has 0 radical (unpaired) electrons. The van der Waals surface area contributed by atoms with Crippen LogP contribution in [-0.2, 0) is 4.74 Å². The SMILES string of the molecule is CN1C(=O)OC2CCCC2C1c1ccccc1O. The minimum atomic E-state index is -0.286. The number of rotatable bonds is 1. The molecule has 3 rings (SSSR count). The van der Waals surface area contributed by atoms with Crippen LogP contribution in [0.25, 0.3) is 0 Å². The normalized spacial score (nSPS) is 31.1. The number of carbonyl (C=O) groups is 1. The second-order valence-electron chi connectivity index (χ2n) is 5.13. The maximum absolute atomic E-state index is 11.9. The van der Waals surface area contributed by atoms with Gasteiger partial charge < -0.3 is 14.7 Å². The molecule has 96 valence electrons. The number of hydrogen-bond donors (Lipinski definition) is 1. The standard InChI is InChI=1S/C14H17NO3/c1-15-13(9-5-2-3-7-11(9)16)10-6-4-8-12(10)18-14(15)17/h2-3,5,7,10,12-13,16H,4,6,8H2,1H3. The molecule has 1 N–H and O–H groups in total. The van der Waals surface area contributed by atoms with Crippen LogP contribution in [0.15, 0.2) is 24.3 Å².